The second-order valence-corrected chi connectivity index (χ2v) is 6.66. The lowest BCUT2D eigenvalue weighted by atomic mass is 10.1. The van der Waals surface area contributed by atoms with Gasteiger partial charge in [-0.25, -0.2) is 18.4 Å². The van der Waals surface area contributed by atoms with Crippen molar-refractivity contribution >= 4 is 11.6 Å². The maximum absolute atomic E-state index is 13.4. The largest absolute Gasteiger partial charge is 0.319 e. The first-order valence-electron chi connectivity index (χ1n) is 9.42. The first-order chi connectivity index (χ1) is 14.5. The normalized spacial score (nSPS) is 10.8. The summed E-state index contributed by atoms with van der Waals surface area (Å²) in [7, 11) is 0. The number of amides is 1. The van der Waals surface area contributed by atoms with E-state index in [0.29, 0.717) is 22.8 Å². The van der Waals surface area contributed by atoms with Gasteiger partial charge in [0, 0.05) is 11.3 Å². The summed E-state index contributed by atoms with van der Waals surface area (Å²) in [4.78, 5) is 17.1. The van der Waals surface area contributed by atoms with E-state index in [4.69, 9.17) is 0 Å². The number of rotatable bonds is 5. The van der Waals surface area contributed by atoms with Crippen LogP contribution < -0.4 is 5.32 Å². The molecular weight excluding hydrogens is 386 g/mol. The molecule has 0 spiro atoms. The maximum Gasteiger partial charge on any atom is 0.295 e. The molecule has 0 atom stereocenters. The third-order valence-corrected chi connectivity index (χ3v) is 4.60. The minimum atomic E-state index is -0.483. The monoisotopic (exact) mass is 404 g/mol. The molecule has 150 valence electrons. The smallest absolute Gasteiger partial charge is 0.295 e. The number of benzene rings is 3. The van der Waals surface area contributed by atoms with Gasteiger partial charge >= 0.3 is 0 Å². The predicted molar refractivity (Wildman–Crippen MR) is 110 cm³/mol. The predicted octanol–water partition coefficient (Wildman–Crippen LogP) is 5.03. The molecule has 1 aromatic heterocycles. The van der Waals surface area contributed by atoms with Crippen molar-refractivity contribution in [3.05, 3.63) is 95.8 Å². The Kier molecular flexibility index (Phi) is 5.34. The van der Waals surface area contributed by atoms with Gasteiger partial charge in [-0.1, -0.05) is 19.1 Å². The molecule has 0 aliphatic rings. The lowest BCUT2D eigenvalue weighted by Crippen LogP contribution is -2.14. The van der Waals surface area contributed by atoms with Crippen molar-refractivity contribution in [3.63, 3.8) is 0 Å². The van der Waals surface area contributed by atoms with E-state index in [1.165, 1.54) is 41.1 Å². The molecule has 0 aliphatic carbocycles. The Bertz CT molecular complexity index is 1100. The van der Waals surface area contributed by atoms with E-state index in [0.717, 1.165) is 12.0 Å². The number of carbonyl (C=O) groups is 1. The zero-order valence-corrected chi connectivity index (χ0v) is 16.1. The van der Waals surface area contributed by atoms with Gasteiger partial charge in [0.25, 0.3) is 5.91 Å². The molecule has 1 N–H and O–H groups in total. The first kappa shape index (κ1) is 19.4. The van der Waals surface area contributed by atoms with Crippen LogP contribution in [0.25, 0.3) is 17.1 Å². The van der Waals surface area contributed by atoms with Crippen LogP contribution >= 0.6 is 0 Å². The van der Waals surface area contributed by atoms with E-state index in [-0.39, 0.29) is 11.6 Å². The highest BCUT2D eigenvalue weighted by molar-refractivity contribution is 6.01. The van der Waals surface area contributed by atoms with Gasteiger partial charge in [0.2, 0.25) is 5.82 Å². The Balaban J connectivity index is 1.71. The van der Waals surface area contributed by atoms with Gasteiger partial charge in [-0.3, -0.25) is 4.79 Å². The average Bonchev–Trinajstić information content (AvgIpc) is 3.21. The van der Waals surface area contributed by atoms with Crippen molar-refractivity contribution in [2.24, 2.45) is 0 Å². The van der Waals surface area contributed by atoms with Crippen LogP contribution in [0.2, 0.25) is 0 Å². The van der Waals surface area contributed by atoms with E-state index >= 15 is 0 Å². The zero-order valence-electron chi connectivity index (χ0n) is 16.1. The molecule has 3 aromatic carbocycles. The molecule has 5 nitrogen and oxygen atoms in total. The molecule has 0 unspecified atom stereocenters. The SMILES string of the molecule is CCc1ccc(NC(=O)c2nc(-c3ccc(F)cc3)n(-c3ccc(F)cc3)n2)cc1. The summed E-state index contributed by atoms with van der Waals surface area (Å²) in [5, 5.41) is 7.09. The van der Waals surface area contributed by atoms with Gasteiger partial charge in [0.15, 0.2) is 5.82 Å². The summed E-state index contributed by atoms with van der Waals surface area (Å²) in [6.07, 6.45) is 0.902. The number of carbonyl (C=O) groups excluding carboxylic acids is 1. The van der Waals surface area contributed by atoms with Crippen LogP contribution in [-0.4, -0.2) is 20.7 Å². The third kappa shape index (κ3) is 4.10. The van der Waals surface area contributed by atoms with Gasteiger partial charge in [0.1, 0.15) is 11.6 Å². The highest BCUT2D eigenvalue weighted by atomic mass is 19.1. The fourth-order valence-corrected chi connectivity index (χ4v) is 2.97. The molecule has 4 aromatic rings. The van der Waals surface area contributed by atoms with Gasteiger partial charge in [-0.05, 0) is 72.6 Å². The Morgan fingerprint density at radius 1 is 0.900 bits per heavy atom. The second-order valence-electron chi connectivity index (χ2n) is 6.66. The molecule has 1 amide bonds. The number of halogens is 2. The number of hydrogen-bond acceptors (Lipinski definition) is 3. The van der Waals surface area contributed by atoms with E-state index in [2.05, 4.69) is 22.3 Å². The number of nitrogens with one attached hydrogen (secondary N) is 1. The number of aromatic nitrogens is 3. The van der Waals surface area contributed by atoms with Crippen LogP contribution in [0.1, 0.15) is 23.1 Å². The standard InChI is InChI=1S/C23H18F2N4O/c1-2-15-3-11-19(12-4-15)26-23(30)21-27-22(16-5-7-17(24)8-6-16)29(28-21)20-13-9-18(25)10-14-20/h3-14H,2H2,1H3,(H,26,30). The molecular formula is C23H18F2N4O. The fraction of sp³-hybridized carbons (Fsp3) is 0.0870. The van der Waals surface area contributed by atoms with Crippen molar-refractivity contribution in [2.45, 2.75) is 13.3 Å². The number of aryl methyl sites for hydroxylation is 1. The molecule has 4 rings (SSSR count). The second kappa shape index (κ2) is 8.24. The summed E-state index contributed by atoms with van der Waals surface area (Å²) in [5.41, 5.74) is 2.87. The Labute approximate surface area is 172 Å². The minimum absolute atomic E-state index is 0.0572. The molecule has 1 heterocycles. The van der Waals surface area contributed by atoms with E-state index in [1.54, 1.807) is 12.1 Å². The van der Waals surface area contributed by atoms with Crippen LogP contribution in [0.4, 0.5) is 14.5 Å². The fourth-order valence-electron chi connectivity index (χ4n) is 2.97. The summed E-state index contributed by atoms with van der Waals surface area (Å²) in [6, 6.07) is 18.8. The first-order valence-corrected chi connectivity index (χ1v) is 9.42. The van der Waals surface area contributed by atoms with Crippen LogP contribution in [-0.2, 0) is 6.42 Å². The van der Waals surface area contributed by atoms with E-state index in [9.17, 15) is 13.6 Å². The molecule has 0 saturated heterocycles. The number of anilines is 1. The highest BCUT2D eigenvalue weighted by Crippen LogP contribution is 2.22. The molecule has 7 heteroatoms. The quantitative estimate of drug-likeness (QED) is 0.508. The van der Waals surface area contributed by atoms with Gasteiger partial charge in [-0.15, -0.1) is 5.10 Å². The maximum atomic E-state index is 13.4. The lowest BCUT2D eigenvalue weighted by molar-refractivity contribution is 0.101. The Hall–Kier alpha value is -3.87. The van der Waals surface area contributed by atoms with Crippen molar-refractivity contribution in [1.29, 1.82) is 0 Å². The van der Waals surface area contributed by atoms with Gasteiger partial charge < -0.3 is 5.32 Å². The summed E-state index contributed by atoms with van der Waals surface area (Å²) in [5.74, 6) is -0.981. The summed E-state index contributed by atoms with van der Waals surface area (Å²) >= 11 is 0. The molecule has 0 radical (unpaired) electrons. The topological polar surface area (TPSA) is 59.8 Å². The van der Waals surface area contributed by atoms with Crippen molar-refractivity contribution < 1.29 is 13.6 Å². The average molecular weight is 404 g/mol. The van der Waals surface area contributed by atoms with Crippen molar-refractivity contribution in [3.8, 4) is 17.1 Å². The molecule has 0 bridgehead atoms. The van der Waals surface area contributed by atoms with Crippen LogP contribution in [0, 0.1) is 11.6 Å². The van der Waals surface area contributed by atoms with Crippen LogP contribution in [0.3, 0.4) is 0 Å². The van der Waals surface area contributed by atoms with Crippen LogP contribution in [0.15, 0.2) is 72.8 Å². The van der Waals surface area contributed by atoms with Gasteiger partial charge in [-0.2, -0.15) is 0 Å². The molecule has 0 saturated carbocycles. The van der Waals surface area contributed by atoms with Crippen molar-refractivity contribution in [1.82, 2.24) is 14.8 Å². The Morgan fingerprint density at radius 2 is 1.50 bits per heavy atom. The van der Waals surface area contributed by atoms with E-state index in [1.807, 2.05) is 24.3 Å². The van der Waals surface area contributed by atoms with Crippen LogP contribution in [0.5, 0.6) is 0 Å². The number of nitrogens with zero attached hydrogens (tertiary/aromatic N) is 3. The highest BCUT2D eigenvalue weighted by Gasteiger charge is 2.19. The lowest BCUT2D eigenvalue weighted by Gasteiger charge is -2.05. The number of hydrogen-bond donors (Lipinski definition) is 1. The zero-order chi connectivity index (χ0) is 21.1. The van der Waals surface area contributed by atoms with Gasteiger partial charge in [0.05, 0.1) is 5.69 Å². The summed E-state index contributed by atoms with van der Waals surface area (Å²) < 4.78 is 28.1. The minimum Gasteiger partial charge on any atom is -0.319 e. The molecule has 0 fully saturated rings. The molecule has 30 heavy (non-hydrogen) atoms. The van der Waals surface area contributed by atoms with E-state index < -0.39 is 11.7 Å². The van der Waals surface area contributed by atoms with Crippen molar-refractivity contribution in [2.75, 3.05) is 5.32 Å². The summed E-state index contributed by atoms with van der Waals surface area (Å²) in [6.45, 7) is 2.05. The third-order valence-electron chi connectivity index (χ3n) is 4.60. The molecule has 0 aliphatic heterocycles. The Morgan fingerprint density at radius 3 is 2.10 bits per heavy atom.